The number of rotatable bonds is 8. The fourth-order valence-corrected chi connectivity index (χ4v) is 3.64. The summed E-state index contributed by atoms with van der Waals surface area (Å²) in [6, 6.07) is 16.6. The Morgan fingerprint density at radius 1 is 0.946 bits per heavy atom. The van der Waals surface area contributed by atoms with Crippen LogP contribution in [0.4, 0.5) is 10.5 Å². The van der Waals surface area contributed by atoms with Gasteiger partial charge in [0, 0.05) is 0 Å². The van der Waals surface area contributed by atoms with Crippen molar-refractivity contribution in [2.45, 2.75) is 6.61 Å². The first-order valence-electron chi connectivity index (χ1n) is 11.0. The summed E-state index contributed by atoms with van der Waals surface area (Å²) in [7, 11) is 2.93. The summed E-state index contributed by atoms with van der Waals surface area (Å²) < 4.78 is 16.3. The zero-order chi connectivity index (χ0) is 26.5. The van der Waals surface area contributed by atoms with E-state index in [4.69, 9.17) is 19.3 Å². The molecule has 10 nitrogen and oxygen atoms in total. The van der Waals surface area contributed by atoms with Gasteiger partial charge in [0.1, 0.15) is 17.9 Å². The molecule has 1 aliphatic heterocycles. The highest BCUT2D eigenvalue weighted by Crippen LogP contribution is 2.31. The number of anilines is 1. The van der Waals surface area contributed by atoms with E-state index >= 15 is 0 Å². The molecule has 0 unspecified atom stereocenters. The Hall–Kier alpha value is -5.12. The lowest BCUT2D eigenvalue weighted by molar-refractivity contribution is -0.122. The van der Waals surface area contributed by atoms with E-state index in [0.29, 0.717) is 28.4 Å². The van der Waals surface area contributed by atoms with E-state index in [1.807, 2.05) is 0 Å². The summed E-state index contributed by atoms with van der Waals surface area (Å²) in [6.07, 6.45) is 1.35. The van der Waals surface area contributed by atoms with E-state index in [0.717, 1.165) is 4.90 Å². The molecule has 0 saturated carbocycles. The summed E-state index contributed by atoms with van der Waals surface area (Å²) >= 11 is 0. The number of nitrogens with one attached hydrogen (secondary N) is 1. The van der Waals surface area contributed by atoms with Crippen molar-refractivity contribution in [3.63, 3.8) is 0 Å². The number of nitrogens with zero attached hydrogens (tertiary/aromatic N) is 1. The van der Waals surface area contributed by atoms with Crippen molar-refractivity contribution >= 4 is 35.6 Å². The minimum atomic E-state index is -1.04. The number of carboxylic acid groups (broad SMARTS) is 1. The van der Waals surface area contributed by atoms with Crippen LogP contribution in [-0.2, 0) is 16.2 Å². The number of urea groups is 1. The number of imide groups is 2. The number of ether oxygens (including phenoxy) is 3. The van der Waals surface area contributed by atoms with Crippen LogP contribution in [0.25, 0.3) is 6.08 Å². The lowest BCUT2D eigenvalue weighted by Crippen LogP contribution is -2.54. The smallest absolute Gasteiger partial charge is 0.335 e. The van der Waals surface area contributed by atoms with Gasteiger partial charge < -0.3 is 19.3 Å². The molecule has 0 spiro atoms. The van der Waals surface area contributed by atoms with Crippen LogP contribution in [0.2, 0.25) is 0 Å². The van der Waals surface area contributed by atoms with Crippen molar-refractivity contribution in [2.75, 3.05) is 19.1 Å². The monoisotopic (exact) mass is 502 g/mol. The van der Waals surface area contributed by atoms with E-state index in [1.165, 1.54) is 44.6 Å². The molecule has 188 valence electrons. The molecule has 0 aromatic heterocycles. The molecule has 37 heavy (non-hydrogen) atoms. The number of hydrogen-bond donors (Lipinski definition) is 2. The van der Waals surface area contributed by atoms with Crippen LogP contribution in [0.1, 0.15) is 21.5 Å². The lowest BCUT2D eigenvalue weighted by Gasteiger charge is -2.26. The fraction of sp³-hybridized carbons (Fsp3) is 0.111. The van der Waals surface area contributed by atoms with E-state index < -0.39 is 23.8 Å². The molecule has 3 aromatic carbocycles. The van der Waals surface area contributed by atoms with Crippen LogP contribution >= 0.6 is 0 Å². The molecule has 2 N–H and O–H groups in total. The molecular weight excluding hydrogens is 480 g/mol. The zero-order valence-corrected chi connectivity index (χ0v) is 19.9. The highest BCUT2D eigenvalue weighted by molar-refractivity contribution is 6.39. The number of barbiturate groups is 1. The Balaban J connectivity index is 1.57. The first-order valence-corrected chi connectivity index (χ1v) is 11.0. The van der Waals surface area contributed by atoms with Gasteiger partial charge >= 0.3 is 12.0 Å². The molecule has 0 radical (unpaired) electrons. The number of carboxylic acids is 1. The molecule has 4 amide bonds. The van der Waals surface area contributed by atoms with Gasteiger partial charge in [-0.25, -0.2) is 14.5 Å². The van der Waals surface area contributed by atoms with Crippen molar-refractivity contribution < 1.29 is 38.5 Å². The van der Waals surface area contributed by atoms with Crippen LogP contribution < -0.4 is 24.4 Å². The topological polar surface area (TPSA) is 131 Å². The van der Waals surface area contributed by atoms with Crippen LogP contribution in [0, 0.1) is 0 Å². The van der Waals surface area contributed by atoms with Gasteiger partial charge in [0.25, 0.3) is 11.8 Å². The van der Waals surface area contributed by atoms with Gasteiger partial charge in [-0.3, -0.25) is 14.9 Å². The van der Waals surface area contributed by atoms with Crippen molar-refractivity contribution in [1.29, 1.82) is 0 Å². The second-order valence-electron chi connectivity index (χ2n) is 7.86. The minimum absolute atomic E-state index is 0.0950. The summed E-state index contributed by atoms with van der Waals surface area (Å²) in [6.45, 7) is 0.0950. The number of carbonyl (C=O) groups is 4. The van der Waals surface area contributed by atoms with Crippen molar-refractivity contribution in [3.8, 4) is 17.2 Å². The third-order valence-corrected chi connectivity index (χ3v) is 5.50. The maximum absolute atomic E-state index is 13.1. The summed E-state index contributed by atoms with van der Waals surface area (Å²) in [5.74, 6) is -1.39. The fourth-order valence-electron chi connectivity index (χ4n) is 3.64. The average Bonchev–Trinajstić information content (AvgIpc) is 2.90. The van der Waals surface area contributed by atoms with Gasteiger partial charge in [0.2, 0.25) is 0 Å². The van der Waals surface area contributed by atoms with E-state index in [1.54, 1.807) is 42.5 Å². The highest BCUT2D eigenvalue weighted by atomic mass is 16.5. The van der Waals surface area contributed by atoms with Gasteiger partial charge in [0.15, 0.2) is 11.5 Å². The number of hydrogen-bond acceptors (Lipinski definition) is 7. The maximum atomic E-state index is 13.1. The molecule has 1 aliphatic rings. The molecule has 1 fully saturated rings. The maximum Gasteiger partial charge on any atom is 0.335 e. The van der Waals surface area contributed by atoms with Gasteiger partial charge in [-0.05, 0) is 65.7 Å². The number of aromatic carboxylic acids is 1. The van der Waals surface area contributed by atoms with E-state index in [9.17, 15) is 19.2 Å². The van der Waals surface area contributed by atoms with Crippen LogP contribution in [0.15, 0.2) is 72.3 Å². The van der Waals surface area contributed by atoms with Gasteiger partial charge in [0.05, 0.1) is 25.5 Å². The number of amides is 4. The molecule has 4 rings (SSSR count). The number of methoxy groups -OCH3 is 2. The third kappa shape index (κ3) is 5.43. The Kier molecular flexibility index (Phi) is 7.19. The van der Waals surface area contributed by atoms with Crippen molar-refractivity contribution in [3.05, 3.63) is 89.0 Å². The third-order valence-electron chi connectivity index (χ3n) is 5.50. The molecule has 3 aromatic rings. The summed E-state index contributed by atoms with van der Waals surface area (Å²) in [5, 5.41) is 11.3. The molecular formula is C27H22N2O8. The normalized spacial score (nSPS) is 14.4. The predicted molar refractivity (Wildman–Crippen MR) is 133 cm³/mol. The SMILES string of the molecule is COc1ccc(N2C(=O)NC(=O)/C(=C\c3ccc(OCc4cccc(C(=O)O)c4)c(OC)c3)C2=O)cc1. The standard InChI is InChI=1S/C27H22N2O8/c1-35-20-9-7-19(8-10-20)29-25(31)21(24(30)28-27(29)34)13-16-6-11-22(23(14-16)36-2)37-15-17-4-3-5-18(12-17)26(32)33/h3-14H,15H2,1-2H3,(H,32,33)(H,28,30,34)/b21-13+. The summed E-state index contributed by atoms with van der Waals surface area (Å²) in [5.41, 5.74) is 1.29. The zero-order valence-electron chi connectivity index (χ0n) is 19.9. The summed E-state index contributed by atoms with van der Waals surface area (Å²) in [4.78, 5) is 50.0. The largest absolute Gasteiger partial charge is 0.497 e. The van der Waals surface area contributed by atoms with Crippen molar-refractivity contribution in [1.82, 2.24) is 5.32 Å². The number of carbonyl (C=O) groups excluding carboxylic acids is 3. The second-order valence-corrected chi connectivity index (χ2v) is 7.86. The predicted octanol–water partition coefficient (Wildman–Crippen LogP) is 3.65. The molecule has 10 heteroatoms. The molecule has 0 bridgehead atoms. The van der Waals surface area contributed by atoms with Crippen LogP contribution in [0.3, 0.4) is 0 Å². The Morgan fingerprint density at radius 2 is 1.70 bits per heavy atom. The Labute approximate surface area is 211 Å². The molecule has 1 saturated heterocycles. The lowest BCUT2D eigenvalue weighted by atomic mass is 10.1. The first-order chi connectivity index (χ1) is 17.8. The van der Waals surface area contributed by atoms with E-state index in [2.05, 4.69) is 5.32 Å². The van der Waals surface area contributed by atoms with Gasteiger partial charge in [-0.15, -0.1) is 0 Å². The molecule has 0 atom stereocenters. The Bertz CT molecular complexity index is 1410. The van der Waals surface area contributed by atoms with Crippen LogP contribution in [-0.4, -0.2) is 43.1 Å². The second kappa shape index (κ2) is 10.6. The Morgan fingerprint density at radius 3 is 2.38 bits per heavy atom. The number of benzene rings is 3. The average molecular weight is 502 g/mol. The van der Waals surface area contributed by atoms with Gasteiger partial charge in [-0.2, -0.15) is 0 Å². The first kappa shape index (κ1) is 25.0. The quantitative estimate of drug-likeness (QED) is 0.353. The molecule has 1 heterocycles. The van der Waals surface area contributed by atoms with Gasteiger partial charge in [-0.1, -0.05) is 18.2 Å². The van der Waals surface area contributed by atoms with E-state index in [-0.39, 0.29) is 23.4 Å². The van der Waals surface area contributed by atoms with Crippen LogP contribution in [0.5, 0.6) is 17.2 Å². The highest BCUT2D eigenvalue weighted by Gasteiger charge is 2.36. The van der Waals surface area contributed by atoms with Crippen molar-refractivity contribution in [2.24, 2.45) is 0 Å². The molecule has 0 aliphatic carbocycles. The minimum Gasteiger partial charge on any atom is -0.497 e.